The maximum absolute atomic E-state index is 10.9. The summed E-state index contributed by atoms with van der Waals surface area (Å²) in [6, 6.07) is 1.10. The van der Waals surface area contributed by atoms with E-state index in [1.165, 1.54) is 44.7 Å². The Morgan fingerprint density at radius 2 is 1.00 bits per heavy atom. The molecule has 0 amide bonds. The maximum atomic E-state index is 10.9. The highest BCUT2D eigenvalue weighted by atomic mass is 32.1. The second kappa shape index (κ2) is 14.7. The molecule has 3 heterocycles. The molecule has 13 rings (SSSR count). The van der Waals surface area contributed by atoms with Crippen molar-refractivity contribution >= 4 is 104 Å². The van der Waals surface area contributed by atoms with Gasteiger partial charge >= 0.3 is 0 Å². The molecule has 13 aromatic rings. The van der Waals surface area contributed by atoms with Crippen molar-refractivity contribution in [2.24, 2.45) is 0 Å². The number of hydrogen-bond donors (Lipinski definition) is 0. The number of nitrogens with zero attached hydrogens (tertiary/aromatic N) is 2. The molecule has 1 atom stereocenters. The molecule has 2 nitrogen and oxygen atoms in total. The smallest absolute Gasteiger partial charge is 0.179 e. The van der Waals surface area contributed by atoms with E-state index in [4.69, 9.17) is 13.7 Å². The fourth-order valence-electron chi connectivity index (χ4n) is 8.98. The minimum Gasteiger partial charge on any atom is -0.309 e. The van der Waals surface area contributed by atoms with E-state index in [0.717, 1.165) is 0 Å². The fraction of sp³-hybridized carbons (Fsp3) is 0. The monoisotopic (exact) mass is 874 g/mol. The van der Waals surface area contributed by atoms with Crippen LogP contribution in [-0.4, -0.2) is 17.2 Å². The molecule has 0 aliphatic heterocycles. The lowest BCUT2D eigenvalue weighted by atomic mass is 10.1. The van der Waals surface area contributed by atoms with Crippen LogP contribution in [0.1, 0.15) is 35.6 Å². The summed E-state index contributed by atoms with van der Waals surface area (Å²) in [6.07, 6.45) is 0. The first-order chi connectivity index (χ1) is 42.6. The Kier molecular flexibility index (Phi) is 4.43. The Balaban J connectivity index is 1.28. The molecular formula is C60H40N2SSi. The van der Waals surface area contributed by atoms with Crippen LogP contribution in [-0.2, 0) is 0 Å². The lowest BCUT2D eigenvalue weighted by molar-refractivity contribution is 1.18. The highest BCUT2D eigenvalue weighted by Gasteiger charge is 2.42. The molecule has 300 valence electrons. The number of fused-ring (bicyclic) bond motifs is 10. The SMILES string of the molecule is [2H]c1c([2H])c([2H])c(-c2c([2H])c([2H])c([2H])c([Si](c3ccccc3)(c3c([2H])c([2H])c([2H])c([2H])c3[2H])c3c([2H])c([2H])c([2H])c(-n4c5ccccc5c5cc(-n6c7c([2H])c([2H])c([2H])c([2H])c7c7c([2H])c([2H])c([2H])c([2H])c76)c6sc7ccccc7c6c54)c3[2H])c2[2H])c([2H])c1[2H]. The van der Waals surface area contributed by atoms with Crippen molar-refractivity contribution in [1.82, 2.24) is 9.13 Å². The Hall–Kier alpha value is -7.76. The van der Waals surface area contributed by atoms with E-state index in [0.29, 0.717) is 30.9 Å². The van der Waals surface area contributed by atoms with Gasteiger partial charge in [-0.05, 0) is 74.2 Å². The minimum absolute atomic E-state index is 0.111. The van der Waals surface area contributed by atoms with Gasteiger partial charge < -0.3 is 9.13 Å². The lowest BCUT2D eigenvalue weighted by Gasteiger charge is -2.35. The van der Waals surface area contributed by atoms with Crippen LogP contribution in [0.2, 0.25) is 0 Å². The Morgan fingerprint density at radius 1 is 0.406 bits per heavy atom. The summed E-state index contributed by atoms with van der Waals surface area (Å²) in [5.74, 6) is 0. The number of hydrogen-bond acceptors (Lipinski definition) is 1. The lowest BCUT2D eigenvalue weighted by Crippen LogP contribution is -2.74. The van der Waals surface area contributed by atoms with Gasteiger partial charge in [0.2, 0.25) is 0 Å². The van der Waals surface area contributed by atoms with E-state index in [1.807, 2.05) is 0 Å². The minimum atomic E-state index is -5.74. The van der Waals surface area contributed by atoms with E-state index in [1.54, 1.807) is 60.7 Å². The third kappa shape index (κ3) is 5.43. The number of rotatable bonds is 7. The van der Waals surface area contributed by atoms with Gasteiger partial charge in [0.1, 0.15) is 0 Å². The number of para-hydroxylation sites is 3. The van der Waals surface area contributed by atoms with Crippen molar-refractivity contribution in [1.29, 1.82) is 0 Å². The second-order valence-electron chi connectivity index (χ2n) is 14.8. The van der Waals surface area contributed by atoms with Crippen molar-refractivity contribution in [3.05, 3.63) is 242 Å². The van der Waals surface area contributed by atoms with Gasteiger partial charge in [-0.1, -0.05) is 200 Å². The molecule has 4 heteroatoms. The van der Waals surface area contributed by atoms with Gasteiger partial charge in [0.25, 0.3) is 0 Å². The molecule has 0 fully saturated rings. The van der Waals surface area contributed by atoms with Crippen molar-refractivity contribution in [2.45, 2.75) is 0 Å². The van der Waals surface area contributed by atoms with Gasteiger partial charge in [-0.2, -0.15) is 0 Å². The standard InChI is InChI=1S/C60H40N2SSi/c1-4-20-41(21-5-1)42-22-18-28-46(38-42)64(44-24-6-2-7-25-44,45-26-8-3-9-27-45)47-29-19-23-43(39-47)61-53-34-14-12-32-50(53)52-40-56(60-58(59(52)61)51-33-13-17-37-57(51)63-60)62-54-35-15-10-30-48(54)49-31-11-16-36-55(49)62/h1-40H/i1D,2D,4D,5D,6D,7D,10D,11D,15D,16D,18D,19D,20D,21D,22D,23D,24D,25D,28D,29D,30D,31D,35D,36D,38D,39D. The third-order valence-electron chi connectivity index (χ3n) is 11.6. The predicted octanol–water partition coefficient (Wildman–Crippen LogP) is 13.3. The van der Waals surface area contributed by atoms with Gasteiger partial charge in [-0.25, -0.2) is 0 Å². The highest BCUT2D eigenvalue weighted by molar-refractivity contribution is 7.26. The topological polar surface area (TPSA) is 9.86 Å². The van der Waals surface area contributed by atoms with Crippen LogP contribution in [0.4, 0.5) is 0 Å². The summed E-state index contributed by atoms with van der Waals surface area (Å²) in [7, 11) is -5.74. The largest absolute Gasteiger partial charge is 0.309 e. The average molecular weight is 875 g/mol. The number of benzene rings is 10. The van der Waals surface area contributed by atoms with Crippen LogP contribution < -0.4 is 20.7 Å². The summed E-state index contributed by atoms with van der Waals surface area (Å²) < 4.78 is 247. The summed E-state index contributed by atoms with van der Waals surface area (Å²) >= 11 is 1.20. The van der Waals surface area contributed by atoms with E-state index >= 15 is 0 Å². The zero-order valence-electron chi connectivity index (χ0n) is 58.9. The van der Waals surface area contributed by atoms with Crippen molar-refractivity contribution in [2.75, 3.05) is 0 Å². The van der Waals surface area contributed by atoms with Crippen molar-refractivity contribution < 1.29 is 35.6 Å². The van der Waals surface area contributed by atoms with Crippen LogP contribution >= 0.6 is 11.3 Å². The first kappa shape index (κ1) is 19.3. The average Bonchev–Trinajstić information content (AvgIpc) is 1.11. The number of thiophene rings is 1. The predicted molar refractivity (Wildman–Crippen MR) is 277 cm³/mol. The summed E-state index contributed by atoms with van der Waals surface area (Å²) in [6.45, 7) is 0. The Labute approximate surface area is 412 Å². The van der Waals surface area contributed by atoms with Crippen LogP contribution in [0.15, 0.2) is 242 Å². The molecule has 64 heavy (non-hydrogen) atoms. The third-order valence-corrected chi connectivity index (χ3v) is 17.0. The van der Waals surface area contributed by atoms with E-state index in [9.17, 15) is 21.9 Å². The van der Waals surface area contributed by atoms with Crippen molar-refractivity contribution in [3.63, 3.8) is 0 Å². The molecule has 0 aliphatic carbocycles. The van der Waals surface area contributed by atoms with Crippen molar-refractivity contribution in [3.8, 4) is 22.5 Å². The van der Waals surface area contributed by atoms with E-state index in [-0.39, 0.29) is 43.7 Å². The first-order valence-corrected chi connectivity index (χ1v) is 22.7. The summed E-state index contributed by atoms with van der Waals surface area (Å²) in [5, 5.41) is -1.00. The molecule has 0 N–H and O–H groups in total. The van der Waals surface area contributed by atoms with Gasteiger partial charge in [-0.15, -0.1) is 11.3 Å². The van der Waals surface area contributed by atoms with Gasteiger partial charge in [-0.3, -0.25) is 0 Å². The fourth-order valence-corrected chi connectivity index (χ4v) is 14.1. The highest BCUT2D eigenvalue weighted by Crippen LogP contribution is 2.47. The molecule has 0 spiro atoms. The van der Waals surface area contributed by atoms with E-state index < -0.39 is 198 Å². The molecule has 0 aliphatic rings. The van der Waals surface area contributed by atoms with Gasteiger partial charge in [0.15, 0.2) is 8.07 Å². The Morgan fingerprint density at radius 3 is 1.77 bits per heavy atom. The van der Waals surface area contributed by atoms with Crippen LogP contribution in [0.25, 0.3) is 86.3 Å². The summed E-state index contributed by atoms with van der Waals surface area (Å²) in [4.78, 5) is 0. The Bertz CT molecular complexity index is 5330. The second-order valence-corrected chi connectivity index (χ2v) is 19.4. The van der Waals surface area contributed by atoms with Gasteiger partial charge in [0.05, 0.1) is 68.1 Å². The molecule has 0 saturated carbocycles. The van der Waals surface area contributed by atoms with Crippen LogP contribution in [0.5, 0.6) is 0 Å². The molecular weight excluding hydrogens is 809 g/mol. The van der Waals surface area contributed by atoms with Gasteiger partial charge in [0, 0.05) is 42.7 Å². The zero-order valence-corrected chi connectivity index (χ0v) is 34.7. The summed E-state index contributed by atoms with van der Waals surface area (Å²) in [5.41, 5.74) is -1.76. The van der Waals surface area contributed by atoms with Crippen LogP contribution in [0, 0.1) is 0 Å². The number of aromatic nitrogens is 2. The van der Waals surface area contributed by atoms with E-state index in [2.05, 4.69) is 0 Å². The maximum Gasteiger partial charge on any atom is 0.179 e. The molecule has 0 bridgehead atoms. The molecule has 0 saturated heterocycles. The zero-order chi connectivity index (χ0) is 64.8. The molecule has 0 radical (unpaired) electrons. The normalized spacial score (nSPS) is 18.5. The molecule has 1 unspecified atom stereocenters. The van der Waals surface area contributed by atoms with Crippen LogP contribution in [0.3, 0.4) is 0 Å². The quantitative estimate of drug-likeness (QED) is 0.112. The molecule has 3 aromatic heterocycles. The molecule has 10 aromatic carbocycles. The first-order valence-electron chi connectivity index (χ1n) is 32.9.